The lowest BCUT2D eigenvalue weighted by molar-refractivity contribution is 0.905. The van der Waals surface area contributed by atoms with Crippen LogP contribution in [0.15, 0.2) is 52.4 Å². The predicted octanol–water partition coefficient (Wildman–Crippen LogP) is 3.88. The maximum absolute atomic E-state index is 4.70. The summed E-state index contributed by atoms with van der Waals surface area (Å²) >= 11 is 5.22. The quantitative estimate of drug-likeness (QED) is 0.530. The molecular formula is C13H10BrN3S. The highest BCUT2D eigenvalue weighted by molar-refractivity contribution is 9.10. The minimum atomic E-state index is 0.896. The van der Waals surface area contributed by atoms with Gasteiger partial charge in [0.1, 0.15) is 0 Å². The zero-order chi connectivity index (χ0) is 12.5. The third kappa shape index (κ3) is 1.83. The molecule has 0 spiro atoms. The van der Waals surface area contributed by atoms with Crippen LogP contribution in [0.3, 0.4) is 0 Å². The van der Waals surface area contributed by atoms with Crippen molar-refractivity contribution in [3.63, 3.8) is 0 Å². The Labute approximate surface area is 117 Å². The Morgan fingerprint density at radius 3 is 2.72 bits per heavy atom. The molecule has 0 atom stereocenters. The summed E-state index contributed by atoms with van der Waals surface area (Å²) in [5.74, 6) is 0. The molecule has 1 aromatic carbocycles. The lowest BCUT2D eigenvalue weighted by Gasteiger charge is -2.09. The Morgan fingerprint density at radius 1 is 1.22 bits per heavy atom. The summed E-state index contributed by atoms with van der Waals surface area (Å²) in [5.41, 5.74) is 2.91. The SMILES string of the molecule is CSc1nc(-c2ccccc2)c(Br)c2nccn12. The smallest absolute Gasteiger partial charge is 0.174 e. The molecule has 0 aliphatic carbocycles. The standard InChI is InChI=1S/C13H10BrN3S/c1-18-13-16-11(9-5-3-2-4-6-9)10(14)12-15-7-8-17(12)13/h2-8H,1H3. The summed E-state index contributed by atoms with van der Waals surface area (Å²) in [6, 6.07) is 10.1. The second-order valence-corrected chi connectivity index (χ2v) is 5.31. The zero-order valence-electron chi connectivity index (χ0n) is 9.67. The second kappa shape index (κ2) is 4.74. The molecule has 0 N–H and O–H groups in total. The predicted molar refractivity (Wildman–Crippen MR) is 77.9 cm³/mol. The number of benzene rings is 1. The number of nitrogens with zero attached hydrogens (tertiary/aromatic N) is 3. The Bertz CT molecular complexity index is 694. The molecule has 0 saturated carbocycles. The lowest BCUT2D eigenvalue weighted by Crippen LogP contribution is -1.97. The minimum Gasteiger partial charge on any atom is -0.278 e. The first-order valence-corrected chi connectivity index (χ1v) is 7.45. The molecule has 2 heterocycles. The number of aromatic nitrogens is 3. The van der Waals surface area contributed by atoms with Crippen LogP contribution in [0.25, 0.3) is 16.9 Å². The van der Waals surface area contributed by atoms with Crippen LogP contribution in [0.5, 0.6) is 0 Å². The minimum absolute atomic E-state index is 0.896. The van der Waals surface area contributed by atoms with Gasteiger partial charge >= 0.3 is 0 Å². The Morgan fingerprint density at radius 2 is 2.00 bits per heavy atom. The first kappa shape index (κ1) is 11.7. The van der Waals surface area contributed by atoms with Gasteiger partial charge in [0.25, 0.3) is 0 Å². The van der Waals surface area contributed by atoms with E-state index in [1.165, 1.54) is 0 Å². The lowest BCUT2D eigenvalue weighted by atomic mass is 10.1. The van der Waals surface area contributed by atoms with Crippen molar-refractivity contribution < 1.29 is 0 Å². The highest BCUT2D eigenvalue weighted by Crippen LogP contribution is 2.31. The molecule has 3 nitrogen and oxygen atoms in total. The van der Waals surface area contributed by atoms with Gasteiger partial charge in [0.05, 0.1) is 10.2 Å². The van der Waals surface area contributed by atoms with E-state index in [4.69, 9.17) is 4.98 Å². The van der Waals surface area contributed by atoms with Crippen LogP contribution in [0.2, 0.25) is 0 Å². The van der Waals surface area contributed by atoms with E-state index in [1.54, 1.807) is 18.0 Å². The number of rotatable bonds is 2. The van der Waals surface area contributed by atoms with Gasteiger partial charge in [-0.15, -0.1) is 0 Å². The fourth-order valence-corrected chi connectivity index (χ4v) is 2.99. The van der Waals surface area contributed by atoms with E-state index >= 15 is 0 Å². The normalized spacial score (nSPS) is 11.0. The maximum atomic E-state index is 4.70. The average molecular weight is 320 g/mol. The number of halogens is 1. The van der Waals surface area contributed by atoms with Crippen LogP contribution in [-0.4, -0.2) is 20.6 Å². The van der Waals surface area contributed by atoms with Gasteiger partial charge in [-0.05, 0) is 22.2 Å². The van der Waals surface area contributed by atoms with Gasteiger partial charge in [-0.25, -0.2) is 9.97 Å². The van der Waals surface area contributed by atoms with Crippen molar-refractivity contribution in [3.05, 3.63) is 47.2 Å². The van der Waals surface area contributed by atoms with Gasteiger partial charge in [0.2, 0.25) is 0 Å². The van der Waals surface area contributed by atoms with Gasteiger partial charge in [-0.3, -0.25) is 4.40 Å². The first-order chi connectivity index (χ1) is 8.81. The molecule has 5 heteroatoms. The van der Waals surface area contributed by atoms with E-state index in [2.05, 4.69) is 33.0 Å². The molecular weight excluding hydrogens is 310 g/mol. The van der Waals surface area contributed by atoms with Crippen molar-refractivity contribution >= 4 is 33.3 Å². The van der Waals surface area contributed by atoms with E-state index in [-0.39, 0.29) is 0 Å². The molecule has 2 aromatic heterocycles. The Kier molecular flexibility index (Phi) is 3.09. The summed E-state index contributed by atoms with van der Waals surface area (Å²) in [4.78, 5) is 9.08. The summed E-state index contributed by atoms with van der Waals surface area (Å²) in [7, 11) is 0. The number of thioether (sulfide) groups is 1. The van der Waals surface area contributed by atoms with Crippen molar-refractivity contribution in [1.29, 1.82) is 0 Å². The summed E-state index contributed by atoms with van der Waals surface area (Å²) in [6.45, 7) is 0. The highest BCUT2D eigenvalue weighted by Gasteiger charge is 2.13. The monoisotopic (exact) mass is 319 g/mol. The largest absolute Gasteiger partial charge is 0.278 e. The van der Waals surface area contributed by atoms with E-state index < -0.39 is 0 Å². The first-order valence-electron chi connectivity index (χ1n) is 5.43. The summed E-state index contributed by atoms with van der Waals surface area (Å²) in [5, 5.41) is 0.935. The van der Waals surface area contributed by atoms with Gasteiger partial charge in [-0.1, -0.05) is 42.1 Å². The van der Waals surface area contributed by atoms with E-state index in [9.17, 15) is 0 Å². The molecule has 90 valence electrons. The maximum Gasteiger partial charge on any atom is 0.174 e. The average Bonchev–Trinajstić information content (AvgIpc) is 2.90. The van der Waals surface area contributed by atoms with Crippen molar-refractivity contribution in [2.24, 2.45) is 0 Å². The van der Waals surface area contributed by atoms with Crippen molar-refractivity contribution in [2.75, 3.05) is 6.26 Å². The van der Waals surface area contributed by atoms with Crippen LogP contribution in [0, 0.1) is 0 Å². The molecule has 3 rings (SSSR count). The number of hydrogen-bond acceptors (Lipinski definition) is 3. The molecule has 0 aliphatic heterocycles. The Hall–Kier alpha value is -1.33. The molecule has 0 saturated heterocycles. The van der Waals surface area contributed by atoms with E-state index in [1.807, 2.05) is 35.1 Å². The molecule has 0 bridgehead atoms. The van der Waals surface area contributed by atoms with Crippen LogP contribution >= 0.6 is 27.7 Å². The van der Waals surface area contributed by atoms with Gasteiger partial charge in [-0.2, -0.15) is 0 Å². The fraction of sp³-hybridized carbons (Fsp3) is 0.0769. The molecule has 0 unspecified atom stereocenters. The Balaban J connectivity index is 2.33. The third-order valence-electron chi connectivity index (χ3n) is 2.69. The van der Waals surface area contributed by atoms with E-state index in [0.29, 0.717) is 0 Å². The molecule has 0 amide bonds. The van der Waals surface area contributed by atoms with Crippen LogP contribution < -0.4 is 0 Å². The zero-order valence-corrected chi connectivity index (χ0v) is 12.1. The van der Waals surface area contributed by atoms with Crippen LogP contribution in [0.1, 0.15) is 0 Å². The second-order valence-electron chi connectivity index (χ2n) is 3.75. The van der Waals surface area contributed by atoms with Crippen molar-refractivity contribution in [2.45, 2.75) is 5.16 Å². The number of fused-ring (bicyclic) bond motifs is 1. The van der Waals surface area contributed by atoms with Crippen LogP contribution in [0.4, 0.5) is 0 Å². The van der Waals surface area contributed by atoms with Gasteiger partial charge in [0.15, 0.2) is 10.8 Å². The molecule has 0 fully saturated rings. The van der Waals surface area contributed by atoms with Gasteiger partial charge < -0.3 is 0 Å². The highest BCUT2D eigenvalue weighted by atomic mass is 79.9. The number of imidazole rings is 1. The summed E-state index contributed by atoms with van der Waals surface area (Å²) in [6.07, 6.45) is 5.73. The van der Waals surface area contributed by atoms with Crippen LogP contribution in [-0.2, 0) is 0 Å². The molecule has 3 aromatic rings. The van der Waals surface area contributed by atoms with Crippen molar-refractivity contribution in [1.82, 2.24) is 14.4 Å². The number of hydrogen-bond donors (Lipinski definition) is 0. The molecule has 0 aliphatic rings. The van der Waals surface area contributed by atoms with E-state index in [0.717, 1.165) is 26.5 Å². The third-order valence-corrected chi connectivity index (χ3v) is 4.07. The molecule has 0 radical (unpaired) electrons. The van der Waals surface area contributed by atoms with Crippen molar-refractivity contribution in [3.8, 4) is 11.3 Å². The summed E-state index contributed by atoms with van der Waals surface area (Å²) < 4.78 is 2.91. The topological polar surface area (TPSA) is 30.2 Å². The fourth-order valence-electron chi connectivity index (χ4n) is 1.86. The van der Waals surface area contributed by atoms with Gasteiger partial charge in [0, 0.05) is 18.0 Å². The molecule has 18 heavy (non-hydrogen) atoms.